The van der Waals surface area contributed by atoms with Crippen molar-refractivity contribution in [1.29, 1.82) is 0 Å². The van der Waals surface area contributed by atoms with Gasteiger partial charge in [-0.1, -0.05) is 36.4 Å². The van der Waals surface area contributed by atoms with Crippen molar-refractivity contribution in [2.75, 3.05) is 0 Å². The number of benzene rings is 1. The van der Waals surface area contributed by atoms with Crippen LogP contribution in [0.1, 0.15) is 18.6 Å². The van der Waals surface area contributed by atoms with Crippen molar-refractivity contribution in [2.45, 2.75) is 13.0 Å². The Balaban J connectivity index is 2.11. The third kappa shape index (κ3) is 2.83. The van der Waals surface area contributed by atoms with Gasteiger partial charge >= 0.3 is 0 Å². The lowest BCUT2D eigenvalue weighted by atomic mass is 10.1. The van der Waals surface area contributed by atoms with Crippen LogP contribution < -0.4 is 4.74 Å². The summed E-state index contributed by atoms with van der Waals surface area (Å²) < 4.78 is 6.52. The predicted octanol–water partition coefficient (Wildman–Crippen LogP) is 3.98. The van der Waals surface area contributed by atoms with E-state index in [0.717, 1.165) is 10.2 Å². The first-order chi connectivity index (χ1) is 7.75. The Bertz CT molecular complexity index is 458. The minimum Gasteiger partial charge on any atom is -0.470 e. The van der Waals surface area contributed by atoms with Crippen LogP contribution in [0.2, 0.25) is 0 Å². The molecule has 0 amide bonds. The Morgan fingerprint density at radius 1 is 1.06 bits per heavy atom. The minimum atomic E-state index is 0.00278. The lowest BCUT2D eigenvalue weighted by molar-refractivity contribution is 0.217. The molecule has 1 aromatic heterocycles. The quantitative estimate of drug-likeness (QED) is 0.792. The van der Waals surface area contributed by atoms with E-state index in [4.69, 9.17) is 4.74 Å². The van der Waals surface area contributed by atoms with E-state index in [1.165, 1.54) is 0 Å². The van der Waals surface area contributed by atoms with Gasteiger partial charge in [-0.3, -0.25) is 0 Å². The van der Waals surface area contributed by atoms with Gasteiger partial charge in [-0.05, 0) is 34.5 Å². The molecule has 0 bridgehead atoms. The van der Waals surface area contributed by atoms with Gasteiger partial charge in [0, 0.05) is 6.07 Å². The van der Waals surface area contributed by atoms with Crippen LogP contribution in [0.5, 0.6) is 5.88 Å². The van der Waals surface area contributed by atoms with Crippen LogP contribution in [-0.4, -0.2) is 4.98 Å². The van der Waals surface area contributed by atoms with Crippen molar-refractivity contribution >= 4 is 15.9 Å². The van der Waals surface area contributed by atoms with Crippen LogP contribution in [0, 0.1) is 0 Å². The molecule has 0 aliphatic heterocycles. The molecule has 2 aromatic rings. The minimum absolute atomic E-state index is 0.00278. The van der Waals surface area contributed by atoms with Crippen LogP contribution in [0.25, 0.3) is 0 Å². The molecule has 16 heavy (non-hydrogen) atoms. The van der Waals surface area contributed by atoms with Gasteiger partial charge in [-0.25, -0.2) is 4.98 Å². The molecular weight excluding hydrogens is 266 g/mol. The van der Waals surface area contributed by atoms with Gasteiger partial charge < -0.3 is 4.74 Å². The van der Waals surface area contributed by atoms with E-state index >= 15 is 0 Å². The maximum absolute atomic E-state index is 5.74. The third-order valence-electron chi connectivity index (χ3n) is 2.26. The molecule has 0 aliphatic carbocycles. The molecule has 1 atom stereocenters. The number of rotatable bonds is 3. The van der Waals surface area contributed by atoms with Crippen LogP contribution >= 0.6 is 15.9 Å². The fraction of sp³-hybridized carbons (Fsp3) is 0.154. The summed E-state index contributed by atoms with van der Waals surface area (Å²) in [6, 6.07) is 15.7. The van der Waals surface area contributed by atoms with E-state index in [1.807, 2.05) is 55.5 Å². The molecule has 0 aliphatic rings. The van der Waals surface area contributed by atoms with Crippen LogP contribution in [-0.2, 0) is 0 Å². The van der Waals surface area contributed by atoms with E-state index in [0.29, 0.717) is 5.88 Å². The third-order valence-corrected chi connectivity index (χ3v) is 2.70. The van der Waals surface area contributed by atoms with Crippen LogP contribution in [0.4, 0.5) is 0 Å². The second kappa shape index (κ2) is 5.12. The summed E-state index contributed by atoms with van der Waals surface area (Å²) in [6.45, 7) is 2.01. The molecule has 2 rings (SSSR count). The number of halogens is 1. The molecule has 1 unspecified atom stereocenters. The van der Waals surface area contributed by atoms with Crippen molar-refractivity contribution in [3.63, 3.8) is 0 Å². The Morgan fingerprint density at radius 2 is 1.81 bits per heavy atom. The summed E-state index contributed by atoms with van der Waals surface area (Å²) in [5.74, 6) is 0.630. The fourth-order valence-electron chi connectivity index (χ4n) is 1.43. The summed E-state index contributed by atoms with van der Waals surface area (Å²) in [5, 5.41) is 0. The zero-order valence-corrected chi connectivity index (χ0v) is 10.5. The predicted molar refractivity (Wildman–Crippen MR) is 67.4 cm³/mol. The standard InChI is InChI=1S/C13H12BrNO/c1-10(11-6-3-2-4-7-11)16-13-9-5-8-12(14)15-13/h2-10H,1H3. The summed E-state index contributed by atoms with van der Waals surface area (Å²) in [5.41, 5.74) is 1.14. The average molecular weight is 278 g/mol. The molecule has 0 fully saturated rings. The molecule has 1 aromatic carbocycles. The zero-order chi connectivity index (χ0) is 11.4. The average Bonchev–Trinajstić information content (AvgIpc) is 2.30. The Labute approximate surface area is 103 Å². The first kappa shape index (κ1) is 11.1. The van der Waals surface area contributed by atoms with Gasteiger partial charge in [0.1, 0.15) is 10.7 Å². The van der Waals surface area contributed by atoms with Crippen LogP contribution in [0.15, 0.2) is 53.1 Å². The summed E-state index contributed by atoms with van der Waals surface area (Å²) >= 11 is 3.32. The molecular formula is C13H12BrNO. The maximum atomic E-state index is 5.74. The Morgan fingerprint density at radius 3 is 2.50 bits per heavy atom. The monoisotopic (exact) mass is 277 g/mol. The van der Waals surface area contributed by atoms with E-state index in [1.54, 1.807) is 0 Å². The van der Waals surface area contributed by atoms with Crippen molar-refractivity contribution in [3.05, 3.63) is 58.7 Å². The highest BCUT2D eigenvalue weighted by Gasteiger charge is 2.07. The Kier molecular flexibility index (Phi) is 3.57. The van der Waals surface area contributed by atoms with Gasteiger partial charge in [0.15, 0.2) is 0 Å². The van der Waals surface area contributed by atoms with Crippen molar-refractivity contribution < 1.29 is 4.74 Å². The number of ether oxygens (including phenoxy) is 1. The first-order valence-corrected chi connectivity index (χ1v) is 5.89. The molecule has 0 saturated heterocycles. The molecule has 1 heterocycles. The van der Waals surface area contributed by atoms with Gasteiger partial charge in [0.2, 0.25) is 5.88 Å². The number of pyridine rings is 1. The lowest BCUT2D eigenvalue weighted by Crippen LogP contribution is -2.03. The second-order valence-electron chi connectivity index (χ2n) is 3.47. The van der Waals surface area contributed by atoms with Gasteiger partial charge in [0.05, 0.1) is 0 Å². The van der Waals surface area contributed by atoms with Gasteiger partial charge in [0.25, 0.3) is 0 Å². The highest BCUT2D eigenvalue weighted by molar-refractivity contribution is 9.10. The normalized spacial score (nSPS) is 12.1. The highest BCUT2D eigenvalue weighted by Crippen LogP contribution is 2.20. The summed E-state index contributed by atoms with van der Waals surface area (Å²) in [4.78, 5) is 4.23. The number of hydrogen-bond acceptors (Lipinski definition) is 2. The number of aromatic nitrogens is 1. The van der Waals surface area contributed by atoms with E-state index < -0.39 is 0 Å². The Hall–Kier alpha value is -1.35. The number of hydrogen-bond donors (Lipinski definition) is 0. The van der Waals surface area contributed by atoms with Crippen molar-refractivity contribution in [1.82, 2.24) is 4.98 Å². The molecule has 0 saturated carbocycles. The van der Waals surface area contributed by atoms with Gasteiger partial charge in [-0.15, -0.1) is 0 Å². The largest absolute Gasteiger partial charge is 0.470 e. The van der Waals surface area contributed by atoms with E-state index in [2.05, 4.69) is 20.9 Å². The van der Waals surface area contributed by atoms with E-state index in [-0.39, 0.29) is 6.10 Å². The summed E-state index contributed by atoms with van der Waals surface area (Å²) in [7, 11) is 0. The van der Waals surface area contributed by atoms with Crippen LogP contribution in [0.3, 0.4) is 0 Å². The second-order valence-corrected chi connectivity index (χ2v) is 4.28. The molecule has 82 valence electrons. The smallest absolute Gasteiger partial charge is 0.214 e. The molecule has 0 spiro atoms. The number of nitrogens with zero attached hydrogens (tertiary/aromatic N) is 1. The fourth-order valence-corrected chi connectivity index (χ4v) is 1.76. The molecule has 0 N–H and O–H groups in total. The maximum Gasteiger partial charge on any atom is 0.214 e. The van der Waals surface area contributed by atoms with Gasteiger partial charge in [-0.2, -0.15) is 0 Å². The highest BCUT2D eigenvalue weighted by atomic mass is 79.9. The lowest BCUT2D eigenvalue weighted by Gasteiger charge is -2.13. The molecule has 3 heteroatoms. The van der Waals surface area contributed by atoms with Crippen molar-refractivity contribution in [2.24, 2.45) is 0 Å². The summed E-state index contributed by atoms with van der Waals surface area (Å²) in [6.07, 6.45) is 0.00278. The topological polar surface area (TPSA) is 22.1 Å². The van der Waals surface area contributed by atoms with E-state index in [9.17, 15) is 0 Å². The zero-order valence-electron chi connectivity index (χ0n) is 8.93. The van der Waals surface area contributed by atoms with Crippen molar-refractivity contribution in [3.8, 4) is 5.88 Å². The molecule has 0 radical (unpaired) electrons. The first-order valence-electron chi connectivity index (χ1n) is 5.10. The SMILES string of the molecule is CC(Oc1cccc(Br)n1)c1ccccc1. The molecule has 2 nitrogen and oxygen atoms in total.